The van der Waals surface area contributed by atoms with E-state index in [1.54, 1.807) is 4.90 Å². The minimum absolute atomic E-state index is 0.0832. The average Bonchev–Trinajstić information content (AvgIpc) is 2.40. The van der Waals surface area contributed by atoms with Crippen molar-refractivity contribution in [1.29, 1.82) is 0 Å². The molecule has 0 aromatic heterocycles. The van der Waals surface area contributed by atoms with Crippen molar-refractivity contribution in [3.05, 3.63) is 32.8 Å². The number of thioether (sulfide) groups is 1. The highest BCUT2D eigenvalue weighted by atomic mass is 35.5. The third-order valence-electron chi connectivity index (χ3n) is 2.76. The third kappa shape index (κ3) is 4.47. The molecular weight excluding hydrogens is 361 g/mol. The van der Waals surface area contributed by atoms with Gasteiger partial charge in [-0.3, -0.25) is 10.1 Å². The standard InChI is InChI=1S/C12H12ClF3N2O2S2/c1-3-17(4-2)11(21)22-9-6-7(12(14,15)16)5-8(10(9)13)18(19)20/h5-6H,3-4H2,1-2H3. The van der Waals surface area contributed by atoms with E-state index in [0.717, 1.165) is 17.8 Å². The summed E-state index contributed by atoms with van der Waals surface area (Å²) in [5, 5.41) is 10.5. The topological polar surface area (TPSA) is 46.4 Å². The second kappa shape index (κ2) is 7.47. The molecule has 1 aromatic carbocycles. The number of hydrogen-bond acceptors (Lipinski definition) is 4. The third-order valence-corrected chi connectivity index (χ3v) is 4.76. The van der Waals surface area contributed by atoms with Gasteiger partial charge in [-0.2, -0.15) is 13.2 Å². The normalized spacial score (nSPS) is 11.4. The Hall–Kier alpha value is -1.06. The molecule has 0 N–H and O–H groups in total. The smallest absolute Gasteiger partial charge is 0.358 e. The van der Waals surface area contributed by atoms with E-state index in [9.17, 15) is 23.3 Å². The van der Waals surface area contributed by atoms with Crippen LogP contribution < -0.4 is 0 Å². The van der Waals surface area contributed by atoms with Crippen LogP contribution in [0.5, 0.6) is 0 Å². The number of alkyl halides is 3. The Labute approximate surface area is 139 Å². The monoisotopic (exact) mass is 372 g/mol. The van der Waals surface area contributed by atoms with Crippen molar-refractivity contribution >= 4 is 45.6 Å². The molecule has 0 spiro atoms. The number of rotatable bonds is 4. The van der Waals surface area contributed by atoms with Gasteiger partial charge in [-0.25, -0.2) is 0 Å². The van der Waals surface area contributed by atoms with E-state index in [2.05, 4.69) is 0 Å². The van der Waals surface area contributed by atoms with E-state index in [1.807, 2.05) is 13.8 Å². The zero-order valence-corrected chi connectivity index (χ0v) is 14.0. The fourth-order valence-corrected chi connectivity index (χ4v) is 3.37. The molecule has 10 heteroatoms. The molecule has 0 amide bonds. The van der Waals surface area contributed by atoms with Crippen LogP contribution in [-0.2, 0) is 6.18 Å². The molecule has 1 aromatic rings. The average molecular weight is 373 g/mol. The Morgan fingerprint density at radius 3 is 2.36 bits per heavy atom. The molecule has 4 nitrogen and oxygen atoms in total. The molecule has 0 aliphatic heterocycles. The number of nitro groups is 1. The second-order valence-electron chi connectivity index (χ2n) is 4.10. The summed E-state index contributed by atoms with van der Waals surface area (Å²) in [7, 11) is 0. The Morgan fingerprint density at radius 1 is 1.41 bits per heavy atom. The minimum Gasteiger partial charge on any atom is -0.358 e. The van der Waals surface area contributed by atoms with Crippen molar-refractivity contribution < 1.29 is 18.1 Å². The molecule has 0 radical (unpaired) electrons. The molecule has 1 rings (SSSR count). The maximum absolute atomic E-state index is 12.9. The molecule has 0 saturated carbocycles. The Morgan fingerprint density at radius 2 is 1.95 bits per heavy atom. The Kier molecular flexibility index (Phi) is 6.45. The lowest BCUT2D eigenvalue weighted by molar-refractivity contribution is -0.385. The van der Waals surface area contributed by atoms with Gasteiger partial charge in [0.05, 0.1) is 10.5 Å². The number of hydrogen-bond donors (Lipinski definition) is 0. The summed E-state index contributed by atoms with van der Waals surface area (Å²) in [4.78, 5) is 11.6. The zero-order valence-electron chi connectivity index (χ0n) is 11.6. The zero-order chi connectivity index (χ0) is 17.1. The van der Waals surface area contributed by atoms with Crippen LogP contribution in [0.25, 0.3) is 0 Å². The molecule has 0 bridgehead atoms. The van der Waals surface area contributed by atoms with Gasteiger partial charge >= 0.3 is 6.18 Å². The second-order valence-corrected chi connectivity index (χ2v) is 6.16. The van der Waals surface area contributed by atoms with Crippen molar-refractivity contribution in [2.75, 3.05) is 13.1 Å². The lowest BCUT2D eigenvalue weighted by Crippen LogP contribution is -2.26. The minimum atomic E-state index is -4.71. The fraction of sp³-hybridized carbons (Fsp3) is 0.417. The first-order chi connectivity index (χ1) is 10.1. The summed E-state index contributed by atoms with van der Waals surface area (Å²) in [5.41, 5.74) is -1.92. The van der Waals surface area contributed by atoms with Crippen LogP contribution in [-0.4, -0.2) is 27.2 Å². The predicted octanol–water partition coefficient (Wildman–Crippen LogP) is 4.99. The summed E-state index contributed by atoms with van der Waals surface area (Å²) >= 11 is 11.8. The van der Waals surface area contributed by atoms with Crippen LogP contribution in [0.1, 0.15) is 19.4 Å². The Balaban J connectivity index is 3.31. The molecule has 0 heterocycles. The van der Waals surface area contributed by atoms with Gasteiger partial charge in [-0.15, -0.1) is 0 Å². The number of halogens is 4. The molecule has 0 unspecified atom stereocenters. The number of benzene rings is 1. The van der Waals surface area contributed by atoms with E-state index in [4.69, 9.17) is 23.8 Å². The van der Waals surface area contributed by atoms with Crippen molar-refractivity contribution in [3.63, 3.8) is 0 Å². The summed E-state index contributed by atoms with van der Waals surface area (Å²) in [6.45, 7) is 4.82. The van der Waals surface area contributed by atoms with E-state index >= 15 is 0 Å². The van der Waals surface area contributed by atoms with Crippen LogP contribution in [0.3, 0.4) is 0 Å². The quantitative estimate of drug-likeness (QED) is 0.322. The molecule has 0 saturated heterocycles. The molecule has 0 aliphatic rings. The lowest BCUT2D eigenvalue weighted by Gasteiger charge is -2.21. The van der Waals surface area contributed by atoms with Crippen LogP contribution in [0.4, 0.5) is 18.9 Å². The number of nitrogens with zero attached hydrogens (tertiary/aromatic N) is 2. The molecule has 22 heavy (non-hydrogen) atoms. The highest BCUT2D eigenvalue weighted by Gasteiger charge is 2.34. The van der Waals surface area contributed by atoms with E-state index in [0.29, 0.717) is 23.5 Å². The van der Waals surface area contributed by atoms with Crippen molar-refractivity contribution in [2.24, 2.45) is 0 Å². The van der Waals surface area contributed by atoms with Crippen LogP contribution in [0.15, 0.2) is 17.0 Å². The number of nitro benzene ring substituents is 1. The van der Waals surface area contributed by atoms with Crippen LogP contribution in [0.2, 0.25) is 5.02 Å². The first-order valence-corrected chi connectivity index (χ1v) is 7.73. The van der Waals surface area contributed by atoms with Gasteiger partial charge in [0, 0.05) is 24.1 Å². The first kappa shape index (κ1) is 19.0. The maximum atomic E-state index is 12.9. The molecular formula is C12H12ClF3N2O2S2. The van der Waals surface area contributed by atoms with Gasteiger partial charge in [0.2, 0.25) is 0 Å². The fourth-order valence-electron chi connectivity index (χ4n) is 1.59. The van der Waals surface area contributed by atoms with Gasteiger partial charge in [0.15, 0.2) is 0 Å². The van der Waals surface area contributed by atoms with Gasteiger partial charge < -0.3 is 4.90 Å². The van der Waals surface area contributed by atoms with Crippen molar-refractivity contribution in [1.82, 2.24) is 4.90 Å². The maximum Gasteiger partial charge on any atom is 0.416 e. The molecule has 0 fully saturated rings. The SMILES string of the molecule is CCN(CC)C(=S)Sc1cc(C(F)(F)F)cc([N+](=O)[O-])c1Cl. The largest absolute Gasteiger partial charge is 0.416 e. The lowest BCUT2D eigenvalue weighted by atomic mass is 10.2. The van der Waals surface area contributed by atoms with Gasteiger partial charge in [-0.1, -0.05) is 35.6 Å². The highest BCUT2D eigenvalue weighted by molar-refractivity contribution is 8.23. The van der Waals surface area contributed by atoms with Crippen molar-refractivity contribution in [2.45, 2.75) is 24.9 Å². The predicted molar refractivity (Wildman–Crippen MR) is 84.5 cm³/mol. The van der Waals surface area contributed by atoms with E-state index in [1.165, 1.54) is 0 Å². The molecule has 0 atom stereocenters. The van der Waals surface area contributed by atoms with E-state index < -0.39 is 22.4 Å². The highest BCUT2D eigenvalue weighted by Crippen LogP contribution is 2.41. The summed E-state index contributed by atoms with van der Waals surface area (Å²) in [5.74, 6) is 0. The van der Waals surface area contributed by atoms with E-state index in [-0.39, 0.29) is 9.92 Å². The van der Waals surface area contributed by atoms with Crippen molar-refractivity contribution in [3.8, 4) is 0 Å². The Bertz CT molecular complexity index is 592. The first-order valence-electron chi connectivity index (χ1n) is 6.13. The van der Waals surface area contributed by atoms with Gasteiger partial charge in [-0.05, 0) is 19.9 Å². The summed E-state index contributed by atoms with van der Waals surface area (Å²) in [6.07, 6.45) is -4.71. The van der Waals surface area contributed by atoms with Gasteiger partial charge in [0.1, 0.15) is 9.34 Å². The number of thiocarbonyl (C=S) groups is 1. The summed E-state index contributed by atoms with van der Waals surface area (Å²) < 4.78 is 38.9. The van der Waals surface area contributed by atoms with Crippen LogP contribution >= 0.6 is 35.6 Å². The molecule has 0 aliphatic carbocycles. The van der Waals surface area contributed by atoms with Gasteiger partial charge in [0.25, 0.3) is 5.69 Å². The molecule has 122 valence electrons. The van der Waals surface area contributed by atoms with Crippen LogP contribution in [0, 0.1) is 10.1 Å². The summed E-state index contributed by atoms with van der Waals surface area (Å²) in [6, 6.07) is 1.20.